The van der Waals surface area contributed by atoms with E-state index in [1.165, 1.54) is 0 Å². The van der Waals surface area contributed by atoms with Gasteiger partial charge in [0.15, 0.2) is 5.84 Å². The van der Waals surface area contributed by atoms with E-state index in [2.05, 4.69) is 15.5 Å². The number of nitrogens with one attached hydrogen (secondary N) is 1. The molecule has 0 saturated heterocycles. The molecule has 0 atom stereocenters. The molecule has 82 valence electrons. The fourth-order valence-corrected chi connectivity index (χ4v) is 1.10. The predicted molar refractivity (Wildman–Crippen MR) is 55.9 cm³/mol. The van der Waals surface area contributed by atoms with Crippen molar-refractivity contribution >= 4 is 5.84 Å². The van der Waals surface area contributed by atoms with Gasteiger partial charge in [0.1, 0.15) is 0 Å². The number of hydrogen-bond acceptors (Lipinski definition) is 5. The van der Waals surface area contributed by atoms with Crippen LogP contribution in [0.2, 0.25) is 0 Å². The molecule has 6 heteroatoms. The summed E-state index contributed by atoms with van der Waals surface area (Å²) in [5.74, 6) is 0.711. The van der Waals surface area contributed by atoms with Crippen molar-refractivity contribution in [3.63, 3.8) is 0 Å². The summed E-state index contributed by atoms with van der Waals surface area (Å²) in [5.41, 5.74) is 6.22. The van der Waals surface area contributed by atoms with Crippen molar-refractivity contribution < 1.29 is 9.94 Å². The molecule has 0 aromatic carbocycles. The van der Waals surface area contributed by atoms with Crippen LogP contribution in [0, 0.1) is 0 Å². The number of aromatic nitrogens is 1. The van der Waals surface area contributed by atoms with Gasteiger partial charge in [0.05, 0.1) is 13.7 Å². The van der Waals surface area contributed by atoms with Crippen LogP contribution in [0.5, 0.6) is 5.88 Å². The average Bonchev–Trinajstić information content (AvgIpc) is 2.29. The van der Waals surface area contributed by atoms with E-state index in [0.717, 1.165) is 5.56 Å². The second-order valence-corrected chi connectivity index (χ2v) is 2.87. The van der Waals surface area contributed by atoms with E-state index in [1.807, 2.05) is 12.1 Å². The number of ether oxygens (including phenoxy) is 1. The number of amidine groups is 1. The first-order chi connectivity index (χ1) is 7.27. The summed E-state index contributed by atoms with van der Waals surface area (Å²) in [6, 6.07) is 3.72. The standard InChI is InChI=1S/C9H14N4O2/c1-15-9-7(3-2-4-12-9)5-11-6-8(10)13-14/h2-4,11,14H,5-6H2,1H3,(H2,10,13). The second-order valence-electron chi connectivity index (χ2n) is 2.87. The van der Waals surface area contributed by atoms with Crippen molar-refractivity contribution in [1.82, 2.24) is 10.3 Å². The van der Waals surface area contributed by atoms with Gasteiger partial charge in [0, 0.05) is 18.3 Å². The lowest BCUT2D eigenvalue weighted by atomic mass is 10.2. The van der Waals surface area contributed by atoms with Gasteiger partial charge >= 0.3 is 0 Å². The minimum atomic E-state index is 0.137. The SMILES string of the molecule is COc1ncccc1CNCC(N)=NO. The van der Waals surface area contributed by atoms with Crippen molar-refractivity contribution in [3.8, 4) is 5.88 Å². The number of pyridine rings is 1. The van der Waals surface area contributed by atoms with Crippen LogP contribution in [-0.4, -0.2) is 29.7 Å². The summed E-state index contributed by atoms with van der Waals surface area (Å²) in [6.07, 6.45) is 1.66. The third-order valence-corrected chi connectivity index (χ3v) is 1.79. The summed E-state index contributed by atoms with van der Waals surface area (Å²) in [5, 5.41) is 14.2. The number of nitrogens with zero attached hydrogens (tertiary/aromatic N) is 2. The fourth-order valence-electron chi connectivity index (χ4n) is 1.10. The highest BCUT2D eigenvalue weighted by Gasteiger charge is 2.02. The smallest absolute Gasteiger partial charge is 0.217 e. The van der Waals surface area contributed by atoms with Crippen molar-refractivity contribution in [2.75, 3.05) is 13.7 Å². The molecular weight excluding hydrogens is 196 g/mol. The van der Waals surface area contributed by atoms with Crippen molar-refractivity contribution in [2.24, 2.45) is 10.9 Å². The van der Waals surface area contributed by atoms with Gasteiger partial charge in [0.25, 0.3) is 0 Å². The molecular formula is C9H14N4O2. The molecule has 0 radical (unpaired) electrons. The molecule has 0 aliphatic heterocycles. The largest absolute Gasteiger partial charge is 0.481 e. The molecule has 0 unspecified atom stereocenters. The Bertz CT molecular complexity index is 341. The molecule has 0 aliphatic rings. The molecule has 1 aromatic heterocycles. The van der Waals surface area contributed by atoms with E-state index in [0.29, 0.717) is 19.0 Å². The fraction of sp³-hybridized carbons (Fsp3) is 0.333. The van der Waals surface area contributed by atoms with Crippen LogP contribution in [0.15, 0.2) is 23.5 Å². The molecule has 0 amide bonds. The van der Waals surface area contributed by atoms with Crippen molar-refractivity contribution in [2.45, 2.75) is 6.54 Å². The maximum absolute atomic E-state index is 8.32. The summed E-state index contributed by atoms with van der Waals surface area (Å²) in [4.78, 5) is 4.04. The Morgan fingerprint density at radius 1 is 1.73 bits per heavy atom. The van der Waals surface area contributed by atoms with E-state index in [1.54, 1.807) is 13.3 Å². The Balaban J connectivity index is 2.50. The summed E-state index contributed by atoms with van der Waals surface area (Å²) in [6.45, 7) is 0.863. The number of rotatable bonds is 5. The van der Waals surface area contributed by atoms with Gasteiger partial charge in [-0.25, -0.2) is 4.98 Å². The van der Waals surface area contributed by atoms with E-state index in [-0.39, 0.29) is 5.84 Å². The number of nitrogens with two attached hydrogens (primary N) is 1. The Morgan fingerprint density at radius 3 is 3.20 bits per heavy atom. The molecule has 6 nitrogen and oxygen atoms in total. The van der Waals surface area contributed by atoms with Crippen LogP contribution >= 0.6 is 0 Å². The summed E-state index contributed by atoms with van der Waals surface area (Å²) >= 11 is 0. The summed E-state index contributed by atoms with van der Waals surface area (Å²) < 4.78 is 5.07. The lowest BCUT2D eigenvalue weighted by molar-refractivity contribution is 0.317. The molecule has 0 aliphatic carbocycles. The molecule has 1 heterocycles. The first kappa shape index (κ1) is 11.3. The van der Waals surface area contributed by atoms with Gasteiger partial charge in [-0.1, -0.05) is 11.2 Å². The van der Waals surface area contributed by atoms with Crippen molar-refractivity contribution in [3.05, 3.63) is 23.9 Å². The summed E-state index contributed by atoms with van der Waals surface area (Å²) in [7, 11) is 1.56. The Labute approximate surface area is 87.8 Å². The van der Waals surface area contributed by atoms with Crippen LogP contribution in [-0.2, 0) is 6.54 Å². The molecule has 4 N–H and O–H groups in total. The van der Waals surface area contributed by atoms with Crippen molar-refractivity contribution in [1.29, 1.82) is 0 Å². The van der Waals surface area contributed by atoms with Gasteiger partial charge < -0.3 is 21.0 Å². The highest BCUT2D eigenvalue weighted by molar-refractivity contribution is 5.81. The number of methoxy groups -OCH3 is 1. The van der Waals surface area contributed by atoms with Crippen LogP contribution in [0.25, 0.3) is 0 Å². The second kappa shape index (κ2) is 5.82. The van der Waals surface area contributed by atoms with Gasteiger partial charge in [-0.2, -0.15) is 0 Å². The van der Waals surface area contributed by atoms with Gasteiger partial charge in [-0.15, -0.1) is 0 Å². The lowest BCUT2D eigenvalue weighted by Crippen LogP contribution is -2.28. The Kier molecular flexibility index (Phi) is 4.36. The quantitative estimate of drug-likeness (QED) is 0.274. The molecule has 0 fully saturated rings. The zero-order valence-corrected chi connectivity index (χ0v) is 8.47. The minimum Gasteiger partial charge on any atom is -0.481 e. The third-order valence-electron chi connectivity index (χ3n) is 1.79. The zero-order valence-electron chi connectivity index (χ0n) is 8.47. The topological polar surface area (TPSA) is 92.8 Å². The monoisotopic (exact) mass is 210 g/mol. The maximum atomic E-state index is 8.32. The third kappa shape index (κ3) is 3.43. The van der Waals surface area contributed by atoms with E-state index in [4.69, 9.17) is 15.7 Å². The molecule has 0 saturated carbocycles. The predicted octanol–water partition coefficient (Wildman–Crippen LogP) is -0.0738. The van der Waals surface area contributed by atoms with Gasteiger partial charge in [-0.3, -0.25) is 0 Å². The van der Waals surface area contributed by atoms with Gasteiger partial charge in [-0.05, 0) is 6.07 Å². The van der Waals surface area contributed by atoms with Gasteiger partial charge in [0.2, 0.25) is 5.88 Å². The average molecular weight is 210 g/mol. The van der Waals surface area contributed by atoms with Crippen LogP contribution in [0.3, 0.4) is 0 Å². The highest BCUT2D eigenvalue weighted by Crippen LogP contribution is 2.12. The van der Waals surface area contributed by atoms with Crippen LogP contribution in [0.1, 0.15) is 5.56 Å². The highest BCUT2D eigenvalue weighted by atomic mass is 16.5. The number of hydrogen-bond donors (Lipinski definition) is 3. The lowest BCUT2D eigenvalue weighted by Gasteiger charge is -2.07. The number of oxime groups is 1. The normalized spacial score (nSPS) is 11.4. The maximum Gasteiger partial charge on any atom is 0.217 e. The zero-order chi connectivity index (χ0) is 11.1. The Morgan fingerprint density at radius 2 is 2.53 bits per heavy atom. The van der Waals surface area contributed by atoms with Crippen LogP contribution in [0.4, 0.5) is 0 Å². The van der Waals surface area contributed by atoms with E-state index in [9.17, 15) is 0 Å². The molecule has 1 aromatic rings. The van der Waals surface area contributed by atoms with E-state index < -0.39 is 0 Å². The molecule has 0 bridgehead atoms. The minimum absolute atomic E-state index is 0.137. The van der Waals surface area contributed by atoms with Crippen LogP contribution < -0.4 is 15.8 Å². The Hall–Kier alpha value is -1.82. The first-order valence-corrected chi connectivity index (χ1v) is 4.43. The molecule has 15 heavy (non-hydrogen) atoms. The first-order valence-electron chi connectivity index (χ1n) is 4.43. The van der Waals surface area contributed by atoms with E-state index >= 15 is 0 Å². The molecule has 0 spiro atoms. The molecule has 1 rings (SSSR count).